The first kappa shape index (κ1) is 21.0. The molecule has 2 aliphatic rings. The van der Waals surface area contributed by atoms with E-state index in [-0.39, 0.29) is 17.4 Å². The minimum Gasteiger partial charge on any atom is -0.497 e. The highest BCUT2D eigenvalue weighted by Crippen LogP contribution is 2.31. The highest BCUT2D eigenvalue weighted by atomic mass is 32.2. The molecule has 0 spiro atoms. The Morgan fingerprint density at radius 3 is 2.60 bits per heavy atom. The molecule has 30 heavy (non-hydrogen) atoms. The second-order valence-corrected chi connectivity index (χ2v) is 9.91. The molecule has 2 aliphatic heterocycles. The van der Waals surface area contributed by atoms with Gasteiger partial charge < -0.3 is 15.0 Å². The zero-order chi connectivity index (χ0) is 21.3. The molecule has 0 radical (unpaired) electrons. The summed E-state index contributed by atoms with van der Waals surface area (Å²) in [5.74, 6) is 2.54. The first-order valence-electron chi connectivity index (χ1n) is 10.3. The van der Waals surface area contributed by atoms with E-state index in [1.807, 2.05) is 7.05 Å². The molecule has 1 fully saturated rings. The largest absolute Gasteiger partial charge is 0.497 e. The molecule has 0 bridgehead atoms. The lowest BCUT2D eigenvalue weighted by molar-refractivity contribution is 0.245. The van der Waals surface area contributed by atoms with Crippen LogP contribution in [-0.4, -0.2) is 68.4 Å². The Balaban J connectivity index is 1.63. The van der Waals surface area contributed by atoms with Gasteiger partial charge >= 0.3 is 0 Å². The van der Waals surface area contributed by atoms with Crippen LogP contribution in [0.3, 0.4) is 0 Å². The fraction of sp³-hybridized carbons (Fsp3) is 0.524. The number of methoxy groups -OCH3 is 1. The van der Waals surface area contributed by atoms with Crippen molar-refractivity contribution in [3.8, 4) is 5.75 Å². The van der Waals surface area contributed by atoms with Crippen molar-refractivity contribution in [2.45, 2.75) is 36.6 Å². The third-order valence-electron chi connectivity index (χ3n) is 5.97. The summed E-state index contributed by atoms with van der Waals surface area (Å²) in [7, 11) is 1.93. The number of piperidine rings is 1. The van der Waals surface area contributed by atoms with Crippen molar-refractivity contribution in [1.29, 1.82) is 0 Å². The summed E-state index contributed by atoms with van der Waals surface area (Å²) in [5, 5.41) is 3.20. The number of nitrogens with zero attached hydrogens (tertiary/aromatic N) is 4. The Kier molecular flexibility index (Phi) is 5.95. The zero-order valence-electron chi connectivity index (χ0n) is 17.8. The monoisotopic (exact) mass is 431 g/mol. The Morgan fingerprint density at radius 1 is 1.17 bits per heavy atom. The van der Waals surface area contributed by atoms with Crippen molar-refractivity contribution in [2.75, 3.05) is 46.2 Å². The smallest absolute Gasteiger partial charge is 0.243 e. The predicted octanol–water partition coefficient (Wildman–Crippen LogP) is 2.08. The van der Waals surface area contributed by atoms with Crippen LogP contribution in [0.4, 0.5) is 5.82 Å². The van der Waals surface area contributed by atoms with E-state index in [0.29, 0.717) is 18.7 Å². The summed E-state index contributed by atoms with van der Waals surface area (Å²) in [6.07, 6.45) is 2.76. The number of rotatable bonds is 5. The summed E-state index contributed by atoms with van der Waals surface area (Å²) in [6.45, 7) is 2.69. The molecule has 4 rings (SSSR count). The standard InChI is InChI=1S/C21H29N5O3S/c1-22-21-18-10-12-26(30(27,28)17-8-6-16(29-3)7-9-17)14-19(18)23-20(24-21)15-5-4-11-25(2)13-15/h6-9,15H,4-5,10-14H2,1-3H3,(H,22,23,24). The van der Waals surface area contributed by atoms with E-state index >= 15 is 0 Å². The molecular weight excluding hydrogens is 402 g/mol. The van der Waals surface area contributed by atoms with Crippen molar-refractivity contribution in [1.82, 2.24) is 19.2 Å². The van der Waals surface area contributed by atoms with Crippen LogP contribution in [0.5, 0.6) is 5.75 Å². The van der Waals surface area contributed by atoms with Crippen LogP contribution in [0.2, 0.25) is 0 Å². The van der Waals surface area contributed by atoms with Crippen LogP contribution >= 0.6 is 0 Å². The third-order valence-corrected chi connectivity index (χ3v) is 7.83. The Morgan fingerprint density at radius 2 is 1.93 bits per heavy atom. The van der Waals surface area contributed by atoms with E-state index in [0.717, 1.165) is 48.8 Å². The number of likely N-dealkylation sites (tertiary alicyclic amines) is 1. The van der Waals surface area contributed by atoms with Gasteiger partial charge in [0.05, 0.1) is 24.2 Å². The first-order valence-corrected chi connectivity index (χ1v) is 11.8. The van der Waals surface area contributed by atoms with E-state index in [9.17, 15) is 8.42 Å². The van der Waals surface area contributed by atoms with E-state index in [1.54, 1.807) is 31.4 Å². The van der Waals surface area contributed by atoms with E-state index in [2.05, 4.69) is 17.3 Å². The number of fused-ring (bicyclic) bond motifs is 1. The Labute approximate surface area is 178 Å². The van der Waals surface area contributed by atoms with Crippen molar-refractivity contribution in [2.24, 2.45) is 0 Å². The molecule has 1 aromatic heterocycles. The van der Waals surface area contributed by atoms with Crippen LogP contribution in [0.15, 0.2) is 29.2 Å². The number of likely N-dealkylation sites (N-methyl/N-ethyl adjacent to an activating group) is 1. The average Bonchev–Trinajstić information content (AvgIpc) is 2.77. The molecule has 1 aromatic carbocycles. The van der Waals surface area contributed by atoms with E-state index in [4.69, 9.17) is 14.7 Å². The van der Waals surface area contributed by atoms with Gasteiger partial charge in [0.1, 0.15) is 17.4 Å². The maximum absolute atomic E-state index is 13.2. The van der Waals surface area contributed by atoms with Crippen molar-refractivity contribution < 1.29 is 13.2 Å². The summed E-state index contributed by atoms with van der Waals surface area (Å²) < 4.78 is 33.1. The minimum absolute atomic E-state index is 0.260. The van der Waals surface area contributed by atoms with Crippen LogP contribution in [-0.2, 0) is 23.0 Å². The topological polar surface area (TPSA) is 87.7 Å². The van der Waals surface area contributed by atoms with E-state index < -0.39 is 10.0 Å². The van der Waals surface area contributed by atoms with Crippen LogP contribution in [0.25, 0.3) is 0 Å². The maximum Gasteiger partial charge on any atom is 0.243 e. The molecule has 8 nitrogen and oxygen atoms in total. The molecule has 1 atom stereocenters. The summed E-state index contributed by atoms with van der Waals surface area (Å²) in [6, 6.07) is 6.52. The number of nitrogens with one attached hydrogen (secondary N) is 1. The molecule has 9 heteroatoms. The van der Waals surface area contributed by atoms with Gasteiger partial charge in [-0.1, -0.05) is 0 Å². The number of hydrogen-bond acceptors (Lipinski definition) is 7. The number of benzene rings is 1. The van der Waals surface area contributed by atoms with Crippen molar-refractivity contribution in [3.63, 3.8) is 0 Å². The molecule has 3 heterocycles. The van der Waals surface area contributed by atoms with Gasteiger partial charge in [0.25, 0.3) is 0 Å². The second kappa shape index (κ2) is 8.49. The lowest BCUT2D eigenvalue weighted by Crippen LogP contribution is -2.37. The van der Waals surface area contributed by atoms with E-state index in [1.165, 1.54) is 4.31 Å². The summed E-state index contributed by atoms with van der Waals surface area (Å²) in [4.78, 5) is 12.2. The van der Waals surface area contributed by atoms with Gasteiger partial charge in [0.2, 0.25) is 10.0 Å². The molecule has 1 N–H and O–H groups in total. The summed E-state index contributed by atoms with van der Waals surface area (Å²) in [5.41, 5.74) is 1.83. The van der Waals surface area contributed by atoms with Gasteiger partial charge in [-0.3, -0.25) is 0 Å². The van der Waals surface area contributed by atoms with Gasteiger partial charge in [0.15, 0.2) is 0 Å². The summed E-state index contributed by atoms with van der Waals surface area (Å²) >= 11 is 0. The molecule has 1 unspecified atom stereocenters. The minimum atomic E-state index is -3.61. The van der Waals surface area contributed by atoms with Crippen LogP contribution in [0.1, 0.15) is 35.8 Å². The van der Waals surface area contributed by atoms with Crippen molar-refractivity contribution >= 4 is 15.8 Å². The SMILES string of the molecule is CNc1nc(C2CCCN(C)C2)nc2c1CCN(S(=O)(=O)c1ccc(OC)cc1)C2. The molecule has 0 amide bonds. The van der Waals surface area contributed by atoms with Crippen LogP contribution < -0.4 is 10.1 Å². The maximum atomic E-state index is 13.2. The van der Waals surface area contributed by atoms with Gasteiger partial charge in [-0.25, -0.2) is 18.4 Å². The van der Waals surface area contributed by atoms with Crippen LogP contribution in [0, 0.1) is 0 Å². The second-order valence-electron chi connectivity index (χ2n) is 7.97. The molecule has 162 valence electrons. The normalized spacial score (nSPS) is 20.6. The molecule has 2 aromatic rings. The average molecular weight is 432 g/mol. The lowest BCUT2D eigenvalue weighted by atomic mass is 9.96. The fourth-order valence-electron chi connectivity index (χ4n) is 4.29. The highest BCUT2D eigenvalue weighted by Gasteiger charge is 2.32. The van der Waals surface area contributed by atoms with Crippen molar-refractivity contribution in [3.05, 3.63) is 41.3 Å². The Bertz CT molecular complexity index is 1010. The quantitative estimate of drug-likeness (QED) is 0.775. The van der Waals surface area contributed by atoms with Gasteiger partial charge in [-0.15, -0.1) is 0 Å². The molecule has 0 aliphatic carbocycles. The van der Waals surface area contributed by atoms with Gasteiger partial charge in [0, 0.05) is 31.6 Å². The number of aromatic nitrogens is 2. The number of anilines is 1. The van der Waals surface area contributed by atoms with Gasteiger partial charge in [-0.2, -0.15) is 4.31 Å². The molecule has 0 saturated carbocycles. The molecule has 1 saturated heterocycles. The number of ether oxygens (including phenoxy) is 1. The Hall–Kier alpha value is -2.23. The highest BCUT2D eigenvalue weighted by molar-refractivity contribution is 7.89. The lowest BCUT2D eigenvalue weighted by Gasteiger charge is -2.31. The van der Waals surface area contributed by atoms with Gasteiger partial charge in [-0.05, 0) is 57.1 Å². The third kappa shape index (κ3) is 4.01. The number of hydrogen-bond donors (Lipinski definition) is 1. The predicted molar refractivity (Wildman–Crippen MR) is 115 cm³/mol. The zero-order valence-corrected chi connectivity index (χ0v) is 18.6. The molecular formula is C21H29N5O3S. The fourth-order valence-corrected chi connectivity index (χ4v) is 5.70. The first-order chi connectivity index (χ1) is 14.4. The number of sulfonamides is 1.